The van der Waals surface area contributed by atoms with E-state index in [4.69, 9.17) is 5.11 Å². The number of hydrogen-bond acceptors (Lipinski definition) is 2. The Labute approximate surface area is 145 Å². The van der Waals surface area contributed by atoms with Crippen LogP contribution < -0.4 is 0 Å². The van der Waals surface area contributed by atoms with Gasteiger partial charge in [0.05, 0.1) is 5.56 Å². The quantitative estimate of drug-likeness (QED) is 0.783. The van der Waals surface area contributed by atoms with Crippen molar-refractivity contribution in [3.63, 3.8) is 0 Å². The van der Waals surface area contributed by atoms with Gasteiger partial charge in [-0.05, 0) is 47.1 Å². The van der Waals surface area contributed by atoms with E-state index in [1.807, 2.05) is 12.1 Å². The van der Waals surface area contributed by atoms with Crippen LogP contribution in [0.1, 0.15) is 57.0 Å². The molecule has 0 saturated heterocycles. The minimum absolute atomic E-state index is 0.159. The topological polar surface area (TPSA) is 57.5 Å². The van der Waals surface area contributed by atoms with Crippen LogP contribution in [-0.2, 0) is 5.41 Å². The number of aromatic carboxylic acids is 1. The Morgan fingerprint density at radius 3 is 1.75 bits per heavy atom. The first kappa shape index (κ1) is 19.8. The molecule has 2 aromatic carbocycles. The number of hydrogen-bond donors (Lipinski definition) is 2. The normalized spacial score (nSPS) is 11.4. The molecule has 3 heteroatoms. The van der Waals surface area contributed by atoms with Gasteiger partial charge in [-0.25, -0.2) is 4.79 Å². The maximum atomic E-state index is 10.2. The molecule has 0 saturated carbocycles. The number of carboxylic acid groups (broad SMARTS) is 1. The monoisotopic (exact) mass is 328 g/mol. The first-order chi connectivity index (χ1) is 11.0. The molecule has 2 aromatic rings. The van der Waals surface area contributed by atoms with Gasteiger partial charge in [-0.3, -0.25) is 0 Å². The molecule has 0 radical (unpaired) electrons. The van der Waals surface area contributed by atoms with Crippen molar-refractivity contribution in [3.8, 4) is 5.75 Å². The van der Waals surface area contributed by atoms with E-state index < -0.39 is 5.97 Å². The summed E-state index contributed by atoms with van der Waals surface area (Å²) in [4.78, 5) is 10.2. The number of carboxylic acids is 1. The second-order valence-electron chi connectivity index (χ2n) is 7.84. The minimum Gasteiger partial charge on any atom is -0.508 e. The molecule has 0 unspecified atom stereocenters. The zero-order valence-electron chi connectivity index (χ0n) is 15.2. The van der Waals surface area contributed by atoms with Gasteiger partial charge in [0.25, 0.3) is 0 Å². The Bertz CT molecular complexity index is 635. The zero-order valence-corrected chi connectivity index (χ0v) is 15.2. The van der Waals surface area contributed by atoms with Crippen LogP contribution in [0.25, 0.3) is 0 Å². The highest BCUT2D eigenvalue weighted by atomic mass is 16.4. The number of phenolic OH excluding ortho intramolecular Hbond substituents is 1. The molecule has 130 valence electrons. The summed E-state index contributed by atoms with van der Waals surface area (Å²) in [5, 5.41) is 17.6. The number of aromatic hydroxyl groups is 1. The van der Waals surface area contributed by atoms with Gasteiger partial charge in [-0.2, -0.15) is 0 Å². The molecule has 3 nitrogen and oxygen atoms in total. The minimum atomic E-state index is -0.879. The van der Waals surface area contributed by atoms with E-state index in [0.29, 0.717) is 16.7 Å². The molecule has 0 heterocycles. The van der Waals surface area contributed by atoms with Crippen molar-refractivity contribution < 1.29 is 15.0 Å². The fourth-order valence-corrected chi connectivity index (χ4v) is 2.92. The van der Waals surface area contributed by atoms with Crippen LogP contribution in [0, 0.1) is 5.41 Å². The Morgan fingerprint density at radius 2 is 1.38 bits per heavy atom. The van der Waals surface area contributed by atoms with Crippen molar-refractivity contribution >= 4 is 5.97 Å². The van der Waals surface area contributed by atoms with Crippen molar-refractivity contribution in [1.29, 1.82) is 0 Å². The standard InChI is InChI=1S/C14H22O.C7H6O2/c1-13(2,3)10-14(4,5)11-6-8-12(15)9-7-11;8-7(9)6-4-2-1-3-5-6/h6-9,15H,10H2,1-5H3;1-5H,(H,8,9). The first-order valence-corrected chi connectivity index (χ1v) is 8.09. The lowest BCUT2D eigenvalue weighted by Crippen LogP contribution is -2.24. The third-order valence-electron chi connectivity index (χ3n) is 3.64. The summed E-state index contributed by atoms with van der Waals surface area (Å²) in [5.41, 5.74) is 2.10. The average Bonchev–Trinajstić information content (AvgIpc) is 2.47. The predicted molar refractivity (Wildman–Crippen MR) is 98.6 cm³/mol. The fraction of sp³-hybridized carbons (Fsp3) is 0.381. The predicted octanol–water partition coefficient (Wildman–Crippen LogP) is 5.49. The maximum absolute atomic E-state index is 10.2. The zero-order chi connectivity index (χ0) is 18.4. The van der Waals surface area contributed by atoms with Crippen molar-refractivity contribution in [2.75, 3.05) is 0 Å². The van der Waals surface area contributed by atoms with Crippen LogP contribution in [0.2, 0.25) is 0 Å². The Kier molecular flexibility index (Phi) is 6.59. The summed E-state index contributed by atoms with van der Waals surface area (Å²) in [6.45, 7) is 11.3. The SMILES string of the molecule is CC(C)(C)CC(C)(C)c1ccc(O)cc1.O=C(O)c1ccccc1. The van der Waals surface area contributed by atoms with Gasteiger partial charge in [0.2, 0.25) is 0 Å². The molecule has 24 heavy (non-hydrogen) atoms. The Hall–Kier alpha value is -2.29. The van der Waals surface area contributed by atoms with Crippen LogP contribution >= 0.6 is 0 Å². The fourth-order valence-electron chi connectivity index (χ4n) is 2.92. The van der Waals surface area contributed by atoms with Crippen LogP contribution in [-0.4, -0.2) is 16.2 Å². The lowest BCUT2D eigenvalue weighted by Gasteiger charge is -2.33. The molecule has 0 aromatic heterocycles. The average molecular weight is 328 g/mol. The summed E-state index contributed by atoms with van der Waals surface area (Å²) in [6, 6.07) is 15.9. The summed E-state index contributed by atoms with van der Waals surface area (Å²) in [5.74, 6) is -0.541. The van der Waals surface area contributed by atoms with Gasteiger partial charge in [0.1, 0.15) is 5.75 Å². The van der Waals surface area contributed by atoms with E-state index in [9.17, 15) is 9.90 Å². The Morgan fingerprint density at radius 1 is 0.875 bits per heavy atom. The third-order valence-corrected chi connectivity index (χ3v) is 3.64. The molecule has 0 aliphatic carbocycles. The lowest BCUT2D eigenvalue weighted by molar-refractivity contribution is 0.0697. The number of phenols is 1. The molecular formula is C21H28O3. The molecule has 2 rings (SSSR count). The van der Waals surface area contributed by atoms with Gasteiger partial charge in [-0.15, -0.1) is 0 Å². The van der Waals surface area contributed by atoms with E-state index in [0.717, 1.165) is 6.42 Å². The Balaban J connectivity index is 0.000000272. The second-order valence-corrected chi connectivity index (χ2v) is 7.84. The van der Waals surface area contributed by atoms with Crippen molar-refractivity contribution in [2.24, 2.45) is 5.41 Å². The van der Waals surface area contributed by atoms with Gasteiger partial charge in [0.15, 0.2) is 0 Å². The van der Waals surface area contributed by atoms with Crippen LogP contribution in [0.4, 0.5) is 0 Å². The molecule has 0 fully saturated rings. The molecule has 0 aliphatic rings. The van der Waals surface area contributed by atoms with Crippen LogP contribution in [0.15, 0.2) is 54.6 Å². The van der Waals surface area contributed by atoms with E-state index in [2.05, 4.69) is 34.6 Å². The van der Waals surface area contributed by atoms with E-state index in [1.165, 1.54) is 5.56 Å². The molecule has 0 bridgehead atoms. The second kappa shape index (κ2) is 8.00. The number of carbonyl (C=O) groups is 1. The highest BCUT2D eigenvalue weighted by Crippen LogP contribution is 2.36. The molecule has 2 N–H and O–H groups in total. The van der Waals surface area contributed by atoms with E-state index >= 15 is 0 Å². The number of benzene rings is 2. The van der Waals surface area contributed by atoms with Crippen molar-refractivity contribution in [3.05, 3.63) is 65.7 Å². The van der Waals surface area contributed by atoms with E-state index in [-0.39, 0.29) is 5.41 Å². The summed E-state index contributed by atoms with van der Waals surface area (Å²) in [6.07, 6.45) is 1.13. The van der Waals surface area contributed by atoms with E-state index in [1.54, 1.807) is 42.5 Å². The maximum Gasteiger partial charge on any atom is 0.335 e. The van der Waals surface area contributed by atoms with Crippen LogP contribution in [0.3, 0.4) is 0 Å². The molecule has 0 spiro atoms. The summed E-state index contributed by atoms with van der Waals surface area (Å²) in [7, 11) is 0. The largest absolute Gasteiger partial charge is 0.508 e. The molecule has 0 amide bonds. The molecule has 0 aliphatic heterocycles. The van der Waals surface area contributed by atoms with Crippen molar-refractivity contribution in [1.82, 2.24) is 0 Å². The van der Waals surface area contributed by atoms with Gasteiger partial charge in [-0.1, -0.05) is 65.0 Å². The lowest BCUT2D eigenvalue weighted by atomic mass is 9.72. The first-order valence-electron chi connectivity index (χ1n) is 8.09. The van der Waals surface area contributed by atoms with Crippen molar-refractivity contribution in [2.45, 2.75) is 46.5 Å². The van der Waals surface area contributed by atoms with Gasteiger partial charge < -0.3 is 10.2 Å². The highest BCUT2D eigenvalue weighted by Gasteiger charge is 2.26. The van der Waals surface area contributed by atoms with Gasteiger partial charge in [0, 0.05) is 0 Å². The van der Waals surface area contributed by atoms with Gasteiger partial charge >= 0.3 is 5.97 Å². The third kappa shape index (κ3) is 6.86. The summed E-state index contributed by atoms with van der Waals surface area (Å²) >= 11 is 0. The highest BCUT2D eigenvalue weighted by molar-refractivity contribution is 5.87. The molecular weight excluding hydrogens is 300 g/mol. The van der Waals surface area contributed by atoms with Crippen LogP contribution in [0.5, 0.6) is 5.75 Å². The smallest absolute Gasteiger partial charge is 0.335 e. The number of rotatable bonds is 3. The summed E-state index contributed by atoms with van der Waals surface area (Å²) < 4.78 is 0. The molecule has 0 atom stereocenters.